The number of halogens is 1. The standard InChI is InChI=1S/C21H28ClN5O/c1-23-21(24-9-8-18-6-7-20(22)25-14-18)26-15-17-2-4-19(5-3-17)16-27-10-12-28-13-11-27/h2-7,14H,8-13,15-16H2,1H3,(H2,23,24,26). The Bertz CT molecular complexity index is 742. The number of pyridine rings is 1. The van der Waals surface area contributed by atoms with Crippen LogP contribution in [-0.4, -0.2) is 55.7 Å². The van der Waals surface area contributed by atoms with Gasteiger partial charge in [0.1, 0.15) is 5.15 Å². The molecule has 0 aliphatic carbocycles. The van der Waals surface area contributed by atoms with E-state index in [-0.39, 0.29) is 0 Å². The molecule has 1 fully saturated rings. The van der Waals surface area contributed by atoms with Gasteiger partial charge in [-0.15, -0.1) is 0 Å². The first kappa shape index (κ1) is 20.6. The molecule has 1 saturated heterocycles. The van der Waals surface area contributed by atoms with Crippen LogP contribution in [0, 0.1) is 0 Å². The highest BCUT2D eigenvalue weighted by molar-refractivity contribution is 6.29. The molecule has 1 aromatic heterocycles. The van der Waals surface area contributed by atoms with E-state index in [1.165, 1.54) is 11.1 Å². The molecule has 0 spiro atoms. The van der Waals surface area contributed by atoms with Crippen molar-refractivity contribution >= 4 is 17.6 Å². The molecule has 0 atom stereocenters. The lowest BCUT2D eigenvalue weighted by molar-refractivity contribution is 0.0342. The van der Waals surface area contributed by atoms with Gasteiger partial charge in [-0.1, -0.05) is 41.9 Å². The molecule has 2 N–H and O–H groups in total. The van der Waals surface area contributed by atoms with Crippen molar-refractivity contribution in [3.63, 3.8) is 0 Å². The Morgan fingerprint density at radius 2 is 1.79 bits per heavy atom. The molecule has 1 aliphatic heterocycles. The molecule has 150 valence electrons. The molecule has 0 bridgehead atoms. The summed E-state index contributed by atoms with van der Waals surface area (Å²) in [6.07, 6.45) is 2.67. The van der Waals surface area contributed by atoms with E-state index in [9.17, 15) is 0 Å². The molecule has 2 heterocycles. The van der Waals surface area contributed by atoms with E-state index in [0.717, 1.165) is 63.9 Å². The van der Waals surface area contributed by atoms with E-state index >= 15 is 0 Å². The zero-order valence-electron chi connectivity index (χ0n) is 16.3. The Balaban J connectivity index is 1.39. The molecule has 0 unspecified atom stereocenters. The van der Waals surface area contributed by atoms with Crippen LogP contribution in [0.3, 0.4) is 0 Å². The second-order valence-electron chi connectivity index (χ2n) is 6.80. The summed E-state index contributed by atoms with van der Waals surface area (Å²) in [5.41, 5.74) is 3.71. The number of aliphatic imine (C=N–C) groups is 1. The average molecular weight is 402 g/mol. The van der Waals surface area contributed by atoms with E-state index in [4.69, 9.17) is 16.3 Å². The molecule has 28 heavy (non-hydrogen) atoms. The summed E-state index contributed by atoms with van der Waals surface area (Å²) in [6.45, 7) is 6.20. The SMILES string of the molecule is CN=C(NCCc1ccc(Cl)nc1)NCc1ccc(CN2CCOCC2)cc1. The molecule has 0 saturated carbocycles. The smallest absolute Gasteiger partial charge is 0.191 e. The third kappa shape index (κ3) is 6.78. The molecule has 7 heteroatoms. The van der Waals surface area contributed by atoms with Crippen LogP contribution >= 0.6 is 11.6 Å². The number of benzene rings is 1. The number of hydrogen-bond donors (Lipinski definition) is 2. The van der Waals surface area contributed by atoms with Gasteiger partial charge < -0.3 is 15.4 Å². The molecule has 1 aliphatic rings. The van der Waals surface area contributed by atoms with Crippen molar-refractivity contribution in [3.05, 3.63) is 64.4 Å². The fourth-order valence-corrected chi connectivity index (χ4v) is 3.18. The fraction of sp³-hybridized carbons (Fsp3) is 0.429. The van der Waals surface area contributed by atoms with Crippen molar-refractivity contribution in [2.75, 3.05) is 39.9 Å². The van der Waals surface area contributed by atoms with Gasteiger partial charge in [0.25, 0.3) is 0 Å². The maximum absolute atomic E-state index is 5.81. The number of rotatable bonds is 7. The van der Waals surface area contributed by atoms with Gasteiger partial charge in [-0.3, -0.25) is 9.89 Å². The van der Waals surface area contributed by atoms with Gasteiger partial charge in [0.15, 0.2) is 5.96 Å². The number of guanidine groups is 1. The minimum absolute atomic E-state index is 0.519. The van der Waals surface area contributed by atoms with Crippen LogP contribution < -0.4 is 10.6 Å². The Kier molecular flexibility index (Phi) is 8.08. The maximum atomic E-state index is 5.81. The Hall–Kier alpha value is -2.15. The molecular formula is C21H28ClN5O. The molecule has 3 rings (SSSR count). The number of ether oxygens (including phenoxy) is 1. The average Bonchev–Trinajstić information content (AvgIpc) is 2.74. The lowest BCUT2D eigenvalue weighted by atomic mass is 10.1. The van der Waals surface area contributed by atoms with E-state index in [2.05, 4.69) is 49.8 Å². The molecule has 6 nitrogen and oxygen atoms in total. The van der Waals surface area contributed by atoms with Crippen molar-refractivity contribution in [2.45, 2.75) is 19.5 Å². The fourth-order valence-electron chi connectivity index (χ4n) is 3.07. The summed E-state index contributed by atoms with van der Waals surface area (Å²) >= 11 is 5.81. The maximum Gasteiger partial charge on any atom is 0.191 e. The van der Waals surface area contributed by atoms with Crippen molar-refractivity contribution in [1.82, 2.24) is 20.5 Å². The highest BCUT2D eigenvalue weighted by Crippen LogP contribution is 2.09. The summed E-state index contributed by atoms with van der Waals surface area (Å²) < 4.78 is 5.40. The van der Waals surface area contributed by atoms with Crippen LogP contribution in [0.4, 0.5) is 0 Å². The third-order valence-corrected chi connectivity index (χ3v) is 4.93. The van der Waals surface area contributed by atoms with Gasteiger partial charge >= 0.3 is 0 Å². The highest BCUT2D eigenvalue weighted by Gasteiger charge is 2.10. The predicted molar refractivity (Wildman–Crippen MR) is 114 cm³/mol. The van der Waals surface area contributed by atoms with E-state index in [0.29, 0.717) is 5.15 Å². The van der Waals surface area contributed by atoms with E-state index in [1.54, 1.807) is 13.2 Å². The second kappa shape index (κ2) is 11.0. The Labute approximate surface area is 172 Å². The van der Waals surface area contributed by atoms with E-state index in [1.807, 2.05) is 12.1 Å². The first-order valence-corrected chi connectivity index (χ1v) is 10.0. The topological polar surface area (TPSA) is 61.8 Å². The van der Waals surface area contributed by atoms with Crippen LogP contribution in [-0.2, 0) is 24.2 Å². The Morgan fingerprint density at radius 3 is 2.46 bits per heavy atom. The quantitative estimate of drug-likeness (QED) is 0.424. The number of morpholine rings is 1. The lowest BCUT2D eigenvalue weighted by Crippen LogP contribution is -2.37. The number of aromatic nitrogens is 1. The van der Waals surface area contributed by atoms with Gasteiger partial charge in [-0.2, -0.15) is 0 Å². The zero-order chi connectivity index (χ0) is 19.6. The van der Waals surface area contributed by atoms with E-state index < -0.39 is 0 Å². The van der Waals surface area contributed by atoms with Crippen molar-refractivity contribution in [1.29, 1.82) is 0 Å². The number of hydrogen-bond acceptors (Lipinski definition) is 4. The highest BCUT2D eigenvalue weighted by atomic mass is 35.5. The van der Waals surface area contributed by atoms with Crippen molar-refractivity contribution < 1.29 is 4.74 Å². The molecule has 0 amide bonds. The van der Waals surface area contributed by atoms with Gasteiger partial charge in [0.2, 0.25) is 0 Å². The summed E-state index contributed by atoms with van der Waals surface area (Å²) in [5.74, 6) is 0.791. The molecule has 2 aromatic rings. The van der Waals surface area contributed by atoms with Gasteiger partial charge in [0.05, 0.1) is 13.2 Å². The molecule has 1 aromatic carbocycles. The van der Waals surface area contributed by atoms with Crippen LogP contribution in [0.2, 0.25) is 5.15 Å². The minimum Gasteiger partial charge on any atom is -0.379 e. The third-order valence-electron chi connectivity index (χ3n) is 4.71. The first-order chi connectivity index (χ1) is 13.7. The van der Waals surface area contributed by atoms with Crippen LogP contribution in [0.25, 0.3) is 0 Å². The monoisotopic (exact) mass is 401 g/mol. The van der Waals surface area contributed by atoms with Gasteiger partial charge in [0, 0.05) is 46.0 Å². The van der Waals surface area contributed by atoms with Gasteiger partial charge in [-0.05, 0) is 29.2 Å². The summed E-state index contributed by atoms with van der Waals surface area (Å²) in [6, 6.07) is 12.6. The summed E-state index contributed by atoms with van der Waals surface area (Å²) in [7, 11) is 1.78. The second-order valence-corrected chi connectivity index (χ2v) is 7.18. The summed E-state index contributed by atoms with van der Waals surface area (Å²) in [4.78, 5) is 10.8. The molecular weight excluding hydrogens is 374 g/mol. The normalized spacial score (nSPS) is 15.4. The molecule has 0 radical (unpaired) electrons. The van der Waals surface area contributed by atoms with Crippen LogP contribution in [0.15, 0.2) is 47.6 Å². The first-order valence-electron chi connectivity index (χ1n) is 9.66. The minimum atomic E-state index is 0.519. The largest absolute Gasteiger partial charge is 0.379 e. The number of nitrogens with zero attached hydrogens (tertiary/aromatic N) is 3. The van der Waals surface area contributed by atoms with Crippen LogP contribution in [0.5, 0.6) is 0 Å². The zero-order valence-corrected chi connectivity index (χ0v) is 17.1. The summed E-state index contributed by atoms with van der Waals surface area (Å²) in [5, 5.41) is 7.20. The Morgan fingerprint density at radius 1 is 1.07 bits per heavy atom. The lowest BCUT2D eigenvalue weighted by Gasteiger charge is -2.26. The predicted octanol–water partition coefficient (Wildman–Crippen LogP) is 2.47. The number of nitrogens with one attached hydrogen (secondary N) is 2. The van der Waals surface area contributed by atoms with Gasteiger partial charge in [-0.25, -0.2) is 4.98 Å². The van der Waals surface area contributed by atoms with Crippen molar-refractivity contribution in [3.8, 4) is 0 Å². The van der Waals surface area contributed by atoms with Crippen molar-refractivity contribution in [2.24, 2.45) is 4.99 Å². The van der Waals surface area contributed by atoms with Crippen LogP contribution in [0.1, 0.15) is 16.7 Å².